The second-order valence-corrected chi connectivity index (χ2v) is 3.84. The standard InChI is InChI=1S/C11H15N3O/c1-6-11(4,5)15-10-7(2)9(12)13-8(3)14-10/h1H,2-5H3,(H2,12,13,14). The molecule has 1 aromatic rings. The molecular weight excluding hydrogens is 190 g/mol. The van der Waals surface area contributed by atoms with E-state index in [0.29, 0.717) is 23.1 Å². The Balaban J connectivity index is 3.11. The number of rotatable bonds is 2. The molecule has 80 valence electrons. The first-order valence-corrected chi connectivity index (χ1v) is 4.63. The van der Waals surface area contributed by atoms with Crippen molar-refractivity contribution in [3.8, 4) is 18.2 Å². The normalized spacial score (nSPS) is 10.9. The summed E-state index contributed by atoms with van der Waals surface area (Å²) in [5.74, 6) is 3.97. The molecule has 0 radical (unpaired) electrons. The predicted octanol–water partition coefficient (Wildman–Crippen LogP) is 1.47. The highest BCUT2D eigenvalue weighted by Gasteiger charge is 2.19. The van der Waals surface area contributed by atoms with Crippen LogP contribution in [0.5, 0.6) is 5.88 Å². The number of ether oxygens (including phenoxy) is 1. The molecule has 0 aliphatic carbocycles. The largest absolute Gasteiger partial charge is 0.458 e. The summed E-state index contributed by atoms with van der Waals surface area (Å²) < 4.78 is 5.58. The quantitative estimate of drug-likeness (QED) is 0.743. The number of aromatic nitrogens is 2. The Morgan fingerprint density at radius 2 is 1.93 bits per heavy atom. The second-order valence-electron chi connectivity index (χ2n) is 3.84. The number of aryl methyl sites for hydroxylation is 1. The Morgan fingerprint density at radius 3 is 2.47 bits per heavy atom. The van der Waals surface area contributed by atoms with Gasteiger partial charge in [-0.1, -0.05) is 5.92 Å². The first-order chi connectivity index (χ1) is 6.85. The molecule has 0 unspecified atom stereocenters. The zero-order valence-corrected chi connectivity index (χ0v) is 9.46. The van der Waals surface area contributed by atoms with E-state index in [1.807, 2.05) is 0 Å². The van der Waals surface area contributed by atoms with Gasteiger partial charge in [-0.3, -0.25) is 0 Å². The highest BCUT2D eigenvalue weighted by atomic mass is 16.5. The lowest BCUT2D eigenvalue weighted by molar-refractivity contribution is 0.163. The van der Waals surface area contributed by atoms with E-state index in [4.69, 9.17) is 16.9 Å². The highest BCUT2D eigenvalue weighted by molar-refractivity contribution is 5.44. The molecule has 4 heteroatoms. The van der Waals surface area contributed by atoms with Crippen molar-refractivity contribution in [3.63, 3.8) is 0 Å². The molecule has 1 rings (SSSR count). The van der Waals surface area contributed by atoms with Crippen LogP contribution in [-0.4, -0.2) is 15.6 Å². The van der Waals surface area contributed by atoms with Gasteiger partial charge in [0.25, 0.3) is 0 Å². The van der Waals surface area contributed by atoms with E-state index in [1.165, 1.54) is 0 Å². The topological polar surface area (TPSA) is 61.0 Å². The lowest BCUT2D eigenvalue weighted by Gasteiger charge is -2.21. The Kier molecular flexibility index (Phi) is 2.85. The average molecular weight is 205 g/mol. The Morgan fingerprint density at radius 1 is 1.33 bits per heavy atom. The van der Waals surface area contributed by atoms with Crippen LogP contribution in [0.4, 0.5) is 5.82 Å². The number of nitrogens with two attached hydrogens (primary N) is 1. The minimum Gasteiger partial charge on any atom is -0.458 e. The molecule has 0 fully saturated rings. The molecule has 0 amide bonds. The molecular formula is C11H15N3O. The van der Waals surface area contributed by atoms with Gasteiger partial charge in [-0.25, -0.2) is 4.98 Å². The number of nitrogen functional groups attached to an aromatic ring is 1. The summed E-state index contributed by atoms with van der Waals surface area (Å²) in [6.07, 6.45) is 5.33. The van der Waals surface area contributed by atoms with Crippen molar-refractivity contribution in [3.05, 3.63) is 11.4 Å². The van der Waals surface area contributed by atoms with Crippen molar-refractivity contribution in [2.45, 2.75) is 33.3 Å². The van der Waals surface area contributed by atoms with Gasteiger partial charge in [-0.05, 0) is 27.7 Å². The number of anilines is 1. The molecule has 4 nitrogen and oxygen atoms in total. The van der Waals surface area contributed by atoms with Crippen LogP contribution < -0.4 is 10.5 Å². The lowest BCUT2D eigenvalue weighted by Crippen LogP contribution is -2.27. The molecule has 1 heterocycles. The van der Waals surface area contributed by atoms with Crippen LogP contribution in [0.1, 0.15) is 25.2 Å². The zero-order valence-electron chi connectivity index (χ0n) is 9.46. The van der Waals surface area contributed by atoms with Gasteiger partial charge in [0.1, 0.15) is 11.6 Å². The molecule has 0 aromatic carbocycles. The summed E-state index contributed by atoms with van der Waals surface area (Å²) in [5, 5.41) is 0. The van der Waals surface area contributed by atoms with Crippen LogP contribution in [0.25, 0.3) is 0 Å². The van der Waals surface area contributed by atoms with Crippen LogP contribution in [0.2, 0.25) is 0 Å². The minimum absolute atomic E-state index is 0.422. The highest BCUT2D eigenvalue weighted by Crippen LogP contribution is 2.23. The van der Waals surface area contributed by atoms with Crippen LogP contribution in [-0.2, 0) is 0 Å². The van der Waals surface area contributed by atoms with Gasteiger partial charge in [-0.2, -0.15) is 4.98 Å². The molecule has 15 heavy (non-hydrogen) atoms. The molecule has 1 aromatic heterocycles. The third-order valence-corrected chi connectivity index (χ3v) is 1.95. The maximum absolute atomic E-state index is 5.70. The summed E-state index contributed by atoms with van der Waals surface area (Å²) in [5.41, 5.74) is 5.71. The van der Waals surface area contributed by atoms with Crippen molar-refractivity contribution in [1.82, 2.24) is 9.97 Å². The van der Waals surface area contributed by atoms with Crippen LogP contribution in [0.15, 0.2) is 0 Å². The van der Waals surface area contributed by atoms with Gasteiger partial charge >= 0.3 is 0 Å². The maximum Gasteiger partial charge on any atom is 0.223 e. The van der Waals surface area contributed by atoms with Gasteiger partial charge in [0.05, 0.1) is 5.56 Å². The third kappa shape index (κ3) is 2.59. The summed E-state index contributed by atoms with van der Waals surface area (Å²) >= 11 is 0. The molecule has 0 atom stereocenters. The molecule has 0 saturated carbocycles. The SMILES string of the molecule is C#CC(C)(C)Oc1nc(C)nc(N)c1C. The molecule has 0 saturated heterocycles. The molecule has 0 spiro atoms. The Bertz CT molecular complexity index is 419. The van der Waals surface area contributed by atoms with Crippen molar-refractivity contribution in [2.24, 2.45) is 0 Å². The minimum atomic E-state index is -0.696. The predicted molar refractivity (Wildman–Crippen MR) is 59.5 cm³/mol. The van der Waals surface area contributed by atoms with E-state index in [1.54, 1.807) is 27.7 Å². The Hall–Kier alpha value is -1.76. The fraction of sp³-hybridized carbons (Fsp3) is 0.455. The number of terminal acetylenes is 1. The summed E-state index contributed by atoms with van der Waals surface area (Å²) in [6, 6.07) is 0. The van der Waals surface area contributed by atoms with Gasteiger partial charge in [0.2, 0.25) is 5.88 Å². The van der Waals surface area contributed by atoms with Crippen molar-refractivity contribution in [2.75, 3.05) is 5.73 Å². The Labute approximate surface area is 89.9 Å². The smallest absolute Gasteiger partial charge is 0.223 e. The van der Waals surface area contributed by atoms with Gasteiger partial charge in [0, 0.05) is 0 Å². The first-order valence-electron chi connectivity index (χ1n) is 4.63. The zero-order chi connectivity index (χ0) is 11.6. The van der Waals surface area contributed by atoms with Crippen LogP contribution in [0.3, 0.4) is 0 Å². The fourth-order valence-electron chi connectivity index (χ4n) is 0.994. The first kappa shape index (κ1) is 11.3. The lowest BCUT2D eigenvalue weighted by atomic mass is 10.1. The van der Waals surface area contributed by atoms with Gasteiger partial charge in [-0.15, -0.1) is 6.42 Å². The number of nitrogens with zero attached hydrogens (tertiary/aromatic N) is 2. The van der Waals surface area contributed by atoms with Crippen molar-refractivity contribution < 1.29 is 4.74 Å². The van der Waals surface area contributed by atoms with Crippen LogP contribution in [0, 0.1) is 26.2 Å². The molecule has 0 aliphatic rings. The van der Waals surface area contributed by atoms with Gasteiger partial charge < -0.3 is 10.5 Å². The number of hydrogen-bond acceptors (Lipinski definition) is 4. The third-order valence-electron chi connectivity index (χ3n) is 1.95. The second kappa shape index (κ2) is 3.77. The number of hydrogen-bond donors (Lipinski definition) is 1. The molecule has 0 bridgehead atoms. The van der Waals surface area contributed by atoms with Crippen molar-refractivity contribution >= 4 is 5.82 Å². The summed E-state index contributed by atoms with van der Waals surface area (Å²) in [7, 11) is 0. The van der Waals surface area contributed by atoms with Gasteiger partial charge in [0.15, 0.2) is 5.60 Å². The summed E-state index contributed by atoms with van der Waals surface area (Å²) in [4.78, 5) is 8.18. The van der Waals surface area contributed by atoms with E-state index in [9.17, 15) is 0 Å². The van der Waals surface area contributed by atoms with E-state index < -0.39 is 5.60 Å². The van der Waals surface area contributed by atoms with Crippen LogP contribution >= 0.6 is 0 Å². The molecule has 0 aliphatic heterocycles. The average Bonchev–Trinajstić information content (AvgIpc) is 2.13. The van der Waals surface area contributed by atoms with E-state index in [-0.39, 0.29) is 0 Å². The summed E-state index contributed by atoms with van der Waals surface area (Å²) in [6.45, 7) is 7.14. The van der Waals surface area contributed by atoms with Crippen molar-refractivity contribution in [1.29, 1.82) is 0 Å². The van der Waals surface area contributed by atoms with E-state index in [0.717, 1.165) is 0 Å². The monoisotopic (exact) mass is 205 g/mol. The van der Waals surface area contributed by atoms with E-state index >= 15 is 0 Å². The van der Waals surface area contributed by atoms with E-state index in [2.05, 4.69) is 15.9 Å². The fourth-order valence-corrected chi connectivity index (χ4v) is 0.994. The maximum atomic E-state index is 5.70. The molecule has 2 N–H and O–H groups in total.